The van der Waals surface area contributed by atoms with Gasteiger partial charge in [-0.25, -0.2) is 8.51 Å². The van der Waals surface area contributed by atoms with Crippen LogP contribution in [0, 0.1) is 5.41 Å². The quantitative estimate of drug-likeness (QED) is 0.599. The first-order valence-corrected chi connectivity index (χ1v) is 8.37. The molecule has 1 aliphatic heterocycles. The van der Waals surface area contributed by atoms with Crippen LogP contribution in [0.3, 0.4) is 0 Å². The van der Waals surface area contributed by atoms with E-state index in [2.05, 4.69) is 32.7 Å². The van der Waals surface area contributed by atoms with Gasteiger partial charge in [0.1, 0.15) is 0 Å². The van der Waals surface area contributed by atoms with Crippen LogP contribution >= 0.6 is 0 Å². The largest absolute Gasteiger partial charge is 0.248 e. The lowest BCUT2D eigenvalue weighted by molar-refractivity contribution is 0.405. The van der Waals surface area contributed by atoms with Gasteiger partial charge in [0.25, 0.3) is 0 Å². The van der Waals surface area contributed by atoms with Crippen LogP contribution in [0.1, 0.15) is 27.2 Å². The maximum Gasteiger partial charge on any atom is 0.0561 e. The van der Waals surface area contributed by atoms with Crippen LogP contribution in [0.15, 0.2) is 46.9 Å². The van der Waals surface area contributed by atoms with Crippen LogP contribution in [0.25, 0.3) is 0 Å². The van der Waals surface area contributed by atoms with Crippen molar-refractivity contribution in [1.29, 1.82) is 0 Å². The van der Waals surface area contributed by atoms with Gasteiger partial charge in [-0.1, -0.05) is 50.6 Å². The molecule has 0 saturated heterocycles. The molecule has 0 fully saturated rings. The second-order valence-electron chi connectivity index (χ2n) is 6.07. The molecule has 0 spiro atoms. The van der Waals surface area contributed by atoms with Crippen LogP contribution in [0.5, 0.6) is 0 Å². The van der Waals surface area contributed by atoms with Gasteiger partial charge in [-0.3, -0.25) is 0 Å². The molecule has 1 aromatic carbocycles. The van der Waals surface area contributed by atoms with E-state index in [1.54, 1.807) is 0 Å². The Hall–Kier alpha value is -1.06. The molecule has 1 heterocycles. The Balaban J connectivity index is 2.21. The highest BCUT2D eigenvalue weighted by Gasteiger charge is 2.25. The SMILES string of the molecule is C=S(=O)(c1ccccc1)N1CC=C(C(C)(C)C)CC1. The Morgan fingerprint density at radius 1 is 1.21 bits per heavy atom. The van der Waals surface area contributed by atoms with Crippen LogP contribution < -0.4 is 0 Å². The minimum atomic E-state index is -2.34. The summed E-state index contributed by atoms with van der Waals surface area (Å²) in [5, 5.41) is 0. The molecule has 0 N–H and O–H groups in total. The summed E-state index contributed by atoms with van der Waals surface area (Å²) in [7, 11) is -2.34. The third kappa shape index (κ3) is 3.10. The van der Waals surface area contributed by atoms with E-state index in [0.29, 0.717) is 0 Å². The van der Waals surface area contributed by atoms with Crippen molar-refractivity contribution in [3.8, 4) is 0 Å². The lowest BCUT2D eigenvalue weighted by Crippen LogP contribution is -2.36. The van der Waals surface area contributed by atoms with Gasteiger partial charge in [0.15, 0.2) is 0 Å². The molecule has 0 bridgehead atoms. The monoisotopic (exact) mass is 277 g/mol. The Labute approximate surface area is 117 Å². The van der Waals surface area contributed by atoms with Crippen molar-refractivity contribution in [1.82, 2.24) is 4.31 Å². The van der Waals surface area contributed by atoms with Gasteiger partial charge in [-0.05, 0) is 29.8 Å². The molecule has 0 aliphatic carbocycles. The van der Waals surface area contributed by atoms with Crippen LogP contribution in [-0.4, -0.2) is 27.5 Å². The molecule has 3 heteroatoms. The number of benzene rings is 1. The van der Waals surface area contributed by atoms with Crippen LogP contribution in [-0.2, 0) is 9.71 Å². The van der Waals surface area contributed by atoms with Crippen molar-refractivity contribution in [2.45, 2.75) is 32.1 Å². The van der Waals surface area contributed by atoms with Crippen molar-refractivity contribution >= 4 is 15.6 Å². The third-order valence-corrected chi connectivity index (χ3v) is 5.84. The minimum Gasteiger partial charge on any atom is -0.248 e. The Morgan fingerprint density at radius 2 is 1.84 bits per heavy atom. The highest BCUT2D eigenvalue weighted by atomic mass is 32.2. The van der Waals surface area contributed by atoms with Crippen molar-refractivity contribution in [2.24, 2.45) is 5.41 Å². The molecule has 1 atom stereocenters. The molecular formula is C16H23NOS. The molecule has 0 radical (unpaired) electrons. The summed E-state index contributed by atoms with van der Waals surface area (Å²) in [6.45, 7) is 8.23. The number of nitrogens with zero attached hydrogens (tertiary/aromatic N) is 1. The first-order valence-electron chi connectivity index (χ1n) is 6.69. The summed E-state index contributed by atoms with van der Waals surface area (Å²) in [4.78, 5) is 0.822. The van der Waals surface area contributed by atoms with Gasteiger partial charge in [0.05, 0.1) is 9.71 Å². The number of rotatable bonds is 2. The van der Waals surface area contributed by atoms with Crippen LogP contribution in [0.2, 0.25) is 0 Å². The summed E-state index contributed by atoms with van der Waals surface area (Å²) in [6, 6.07) is 9.57. The van der Waals surface area contributed by atoms with E-state index in [4.69, 9.17) is 0 Å². The molecule has 104 valence electrons. The van der Waals surface area contributed by atoms with Gasteiger partial charge >= 0.3 is 0 Å². The number of hydrogen-bond donors (Lipinski definition) is 0. The number of hydrogen-bond acceptors (Lipinski definition) is 1. The highest BCUT2D eigenvalue weighted by Crippen LogP contribution is 2.31. The average Bonchev–Trinajstić information content (AvgIpc) is 2.39. The van der Waals surface area contributed by atoms with E-state index in [0.717, 1.165) is 24.4 Å². The summed E-state index contributed by atoms with van der Waals surface area (Å²) >= 11 is 0. The van der Waals surface area contributed by atoms with Gasteiger partial charge in [0, 0.05) is 18.0 Å². The second-order valence-corrected chi connectivity index (χ2v) is 8.34. The van der Waals surface area contributed by atoms with Gasteiger partial charge in [-0.2, -0.15) is 0 Å². The fourth-order valence-corrected chi connectivity index (χ4v) is 3.96. The normalized spacial score (nSPS) is 20.7. The molecule has 1 aromatic rings. The summed E-state index contributed by atoms with van der Waals surface area (Å²) in [6.07, 6.45) is 3.19. The highest BCUT2D eigenvalue weighted by molar-refractivity contribution is 7.98. The van der Waals surface area contributed by atoms with E-state index < -0.39 is 9.71 Å². The maximum absolute atomic E-state index is 12.9. The Bertz CT molecular complexity index is 565. The lowest BCUT2D eigenvalue weighted by atomic mass is 9.83. The van der Waals surface area contributed by atoms with E-state index in [9.17, 15) is 4.21 Å². The summed E-state index contributed by atoms with van der Waals surface area (Å²) < 4.78 is 14.9. The Morgan fingerprint density at radius 3 is 2.32 bits per heavy atom. The maximum atomic E-state index is 12.9. The minimum absolute atomic E-state index is 0.209. The lowest BCUT2D eigenvalue weighted by Gasteiger charge is -2.33. The van der Waals surface area contributed by atoms with Gasteiger partial charge in [0.2, 0.25) is 0 Å². The summed E-state index contributed by atoms with van der Waals surface area (Å²) in [5.74, 6) is 3.98. The van der Waals surface area contributed by atoms with E-state index >= 15 is 0 Å². The zero-order valence-corrected chi connectivity index (χ0v) is 12.9. The predicted octanol–water partition coefficient (Wildman–Crippen LogP) is 3.36. The zero-order valence-electron chi connectivity index (χ0n) is 12.1. The molecule has 1 aliphatic rings. The van der Waals surface area contributed by atoms with E-state index in [1.807, 2.05) is 34.6 Å². The van der Waals surface area contributed by atoms with Crippen LogP contribution in [0.4, 0.5) is 0 Å². The van der Waals surface area contributed by atoms with E-state index in [1.165, 1.54) is 5.57 Å². The zero-order chi connectivity index (χ0) is 14.1. The molecule has 0 aromatic heterocycles. The van der Waals surface area contributed by atoms with E-state index in [-0.39, 0.29) is 5.41 Å². The Kier molecular flexibility index (Phi) is 3.88. The topological polar surface area (TPSA) is 20.3 Å². The second kappa shape index (κ2) is 5.14. The molecule has 1 unspecified atom stereocenters. The van der Waals surface area contributed by atoms with Gasteiger partial charge < -0.3 is 0 Å². The molecule has 0 saturated carbocycles. The molecule has 0 amide bonds. The third-order valence-electron chi connectivity index (χ3n) is 3.66. The average molecular weight is 277 g/mol. The fourth-order valence-electron chi connectivity index (χ4n) is 2.38. The standard InChI is InChI=1S/C16H23NOS/c1-16(2,3)14-10-12-17(13-11-14)19(4,18)15-8-6-5-7-9-15/h5-10H,4,11-13H2,1-3H3. The molecule has 2 nitrogen and oxygen atoms in total. The molecule has 2 rings (SSSR count). The summed E-state index contributed by atoms with van der Waals surface area (Å²) in [5.41, 5.74) is 1.66. The van der Waals surface area contributed by atoms with Crippen molar-refractivity contribution in [3.63, 3.8) is 0 Å². The first-order chi connectivity index (χ1) is 8.82. The molecular weight excluding hydrogens is 254 g/mol. The van der Waals surface area contributed by atoms with Crippen molar-refractivity contribution in [2.75, 3.05) is 13.1 Å². The smallest absolute Gasteiger partial charge is 0.0561 e. The fraction of sp³-hybridized carbons (Fsp3) is 0.438. The predicted molar refractivity (Wildman–Crippen MR) is 83.7 cm³/mol. The first kappa shape index (κ1) is 14.4. The molecule has 19 heavy (non-hydrogen) atoms. The van der Waals surface area contributed by atoms with Gasteiger partial charge in [-0.15, -0.1) is 0 Å². The van der Waals surface area contributed by atoms with Crippen molar-refractivity contribution < 1.29 is 4.21 Å². The van der Waals surface area contributed by atoms with Crippen molar-refractivity contribution in [3.05, 3.63) is 42.0 Å².